The van der Waals surface area contributed by atoms with Gasteiger partial charge in [-0.15, -0.1) is 0 Å². The first-order valence-electron chi connectivity index (χ1n) is 11.2. The number of nitrogens with one attached hydrogen (secondary N) is 2. The number of para-hydroxylation sites is 1. The van der Waals surface area contributed by atoms with Crippen LogP contribution in [0.3, 0.4) is 0 Å². The second kappa shape index (κ2) is 8.43. The molecule has 2 atom stereocenters. The number of aliphatic imine (C=N–C) groups is 1. The number of carbonyl (C=O) groups excluding carboxylic acids is 2. The monoisotopic (exact) mass is 437 g/mol. The Morgan fingerprint density at radius 3 is 2.72 bits per heavy atom. The van der Waals surface area contributed by atoms with E-state index in [1.54, 1.807) is 15.7 Å². The van der Waals surface area contributed by atoms with Crippen LogP contribution in [0, 0.1) is 10.8 Å². The van der Waals surface area contributed by atoms with Crippen molar-refractivity contribution in [1.29, 1.82) is 0 Å². The number of nitrogens with zero attached hydrogens (tertiary/aromatic N) is 3. The number of amides is 2. The van der Waals surface area contributed by atoms with Gasteiger partial charge in [0, 0.05) is 24.7 Å². The average molecular weight is 438 g/mol. The summed E-state index contributed by atoms with van der Waals surface area (Å²) in [5.74, 6) is 0. The molecule has 2 heterocycles. The van der Waals surface area contributed by atoms with Gasteiger partial charge in [-0.25, -0.2) is 19.3 Å². The zero-order valence-corrected chi connectivity index (χ0v) is 19.0. The second-order valence-electron chi connectivity index (χ2n) is 10.3. The lowest BCUT2D eigenvalue weighted by Gasteiger charge is -2.46. The Labute approximate surface area is 187 Å². The summed E-state index contributed by atoms with van der Waals surface area (Å²) in [4.78, 5) is 42.3. The first-order valence-corrected chi connectivity index (χ1v) is 11.2. The number of fused-ring (bicyclic) bond motifs is 1. The number of H-pyrrole nitrogens is 1. The number of carbonyl (C=O) groups is 1. The Morgan fingerprint density at radius 1 is 1.25 bits per heavy atom. The standard InChI is InChI=1S/C24H31N5O3/c1-23(2)11-17(12-24(3,14-23)15-25-16-30)26-22(32)28-10-9-20-19(13-28)21(31)29(27-20)18-7-5-4-6-8-18/h4-8,17,27H,9-15H2,1-3H3,(H,26,32). The molecule has 2 unspecified atom stereocenters. The minimum absolute atomic E-state index is 0.00768. The first kappa shape index (κ1) is 22.1. The lowest BCUT2D eigenvalue weighted by atomic mass is 9.62. The van der Waals surface area contributed by atoms with Gasteiger partial charge in [-0.2, -0.15) is 0 Å². The number of benzene rings is 1. The van der Waals surface area contributed by atoms with Gasteiger partial charge in [-0.1, -0.05) is 39.0 Å². The van der Waals surface area contributed by atoms with Crippen LogP contribution in [0.4, 0.5) is 4.79 Å². The molecule has 1 saturated carbocycles. The fraction of sp³-hybridized carbons (Fsp3) is 0.542. The van der Waals surface area contributed by atoms with E-state index in [0.29, 0.717) is 31.6 Å². The molecule has 32 heavy (non-hydrogen) atoms. The van der Waals surface area contributed by atoms with E-state index in [-0.39, 0.29) is 28.5 Å². The molecule has 8 heteroatoms. The number of rotatable bonds is 4. The smallest absolute Gasteiger partial charge is 0.317 e. The molecule has 4 rings (SSSR count). The zero-order valence-electron chi connectivity index (χ0n) is 19.0. The van der Waals surface area contributed by atoms with Crippen LogP contribution < -0.4 is 10.9 Å². The highest BCUT2D eigenvalue weighted by molar-refractivity contribution is 5.75. The van der Waals surface area contributed by atoms with Crippen molar-refractivity contribution in [3.63, 3.8) is 0 Å². The summed E-state index contributed by atoms with van der Waals surface area (Å²) in [7, 11) is 0. The van der Waals surface area contributed by atoms with Gasteiger partial charge in [0.2, 0.25) is 6.08 Å². The van der Waals surface area contributed by atoms with Crippen molar-refractivity contribution >= 4 is 12.1 Å². The van der Waals surface area contributed by atoms with Crippen LogP contribution >= 0.6 is 0 Å². The van der Waals surface area contributed by atoms with Crippen LogP contribution in [0.5, 0.6) is 0 Å². The number of aromatic nitrogens is 2. The number of hydrogen-bond donors (Lipinski definition) is 2. The van der Waals surface area contributed by atoms with E-state index in [1.165, 1.54) is 0 Å². The Kier molecular flexibility index (Phi) is 5.82. The molecule has 170 valence electrons. The highest BCUT2D eigenvalue weighted by atomic mass is 16.2. The molecule has 2 aliphatic rings. The van der Waals surface area contributed by atoms with Crippen LogP contribution in [0.15, 0.2) is 40.1 Å². The third kappa shape index (κ3) is 4.55. The molecule has 2 aromatic rings. The van der Waals surface area contributed by atoms with Gasteiger partial charge >= 0.3 is 6.03 Å². The highest BCUT2D eigenvalue weighted by Crippen LogP contribution is 2.46. The van der Waals surface area contributed by atoms with E-state index in [2.05, 4.69) is 36.2 Å². The molecule has 2 N–H and O–H groups in total. The Morgan fingerprint density at radius 2 is 2.00 bits per heavy atom. The number of hydrogen-bond acceptors (Lipinski definition) is 4. The van der Waals surface area contributed by atoms with Crippen molar-refractivity contribution in [3.05, 3.63) is 51.9 Å². The predicted octanol–water partition coefficient (Wildman–Crippen LogP) is 3.15. The van der Waals surface area contributed by atoms with Gasteiger partial charge in [-0.3, -0.25) is 9.89 Å². The van der Waals surface area contributed by atoms with Crippen molar-refractivity contribution in [1.82, 2.24) is 20.0 Å². The largest absolute Gasteiger partial charge is 0.335 e. The summed E-state index contributed by atoms with van der Waals surface area (Å²) < 4.78 is 1.55. The molecule has 0 bridgehead atoms. The zero-order chi connectivity index (χ0) is 22.9. The van der Waals surface area contributed by atoms with Crippen LogP contribution in [-0.2, 0) is 17.8 Å². The third-order valence-corrected chi connectivity index (χ3v) is 6.65. The number of aromatic amines is 1. The van der Waals surface area contributed by atoms with E-state index >= 15 is 0 Å². The molecular formula is C24H31N5O3. The molecule has 2 amide bonds. The summed E-state index contributed by atoms with van der Waals surface area (Å²) in [6.07, 6.45) is 4.82. The number of urea groups is 1. The minimum Gasteiger partial charge on any atom is -0.335 e. The maximum atomic E-state index is 13.1. The van der Waals surface area contributed by atoms with Crippen LogP contribution in [0.1, 0.15) is 51.3 Å². The van der Waals surface area contributed by atoms with E-state index in [0.717, 1.165) is 30.6 Å². The fourth-order valence-corrected chi connectivity index (χ4v) is 5.68. The first-order chi connectivity index (χ1) is 15.2. The average Bonchev–Trinajstić information content (AvgIpc) is 3.07. The maximum Gasteiger partial charge on any atom is 0.317 e. The van der Waals surface area contributed by atoms with Crippen molar-refractivity contribution in [2.24, 2.45) is 15.8 Å². The molecule has 8 nitrogen and oxygen atoms in total. The highest BCUT2D eigenvalue weighted by Gasteiger charge is 2.42. The molecule has 1 fully saturated rings. The maximum absolute atomic E-state index is 13.1. The normalized spacial score (nSPS) is 24.3. The van der Waals surface area contributed by atoms with Gasteiger partial charge < -0.3 is 10.2 Å². The van der Waals surface area contributed by atoms with Gasteiger partial charge in [0.05, 0.1) is 24.3 Å². The van der Waals surface area contributed by atoms with Crippen LogP contribution in [-0.4, -0.2) is 45.9 Å². The lowest BCUT2D eigenvalue weighted by Crippen LogP contribution is -2.52. The van der Waals surface area contributed by atoms with Crippen molar-refractivity contribution in [2.45, 2.75) is 59.0 Å². The molecular weight excluding hydrogens is 406 g/mol. The van der Waals surface area contributed by atoms with E-state index in [9.17, 15) is 14.4 Å². The minimum atomic E-state index is -0.157. The summed E-state index contributed by atoms with van der Waals surface area (Å²) in [5.41, 5.74) is 2.08. The van der Waals surface area contributed by atoms with Crippen molar-refractivity contribution < 1.29 is 9.59 Å². The number of isocyanates is 1. The summed E-state index contributed by atoms with van der Waals surface area (Å²) in [6.45, 7) is 7.75. The molecule has 0 spiro atoms. The molecule has 1 aliphatic heterocycles. The SMILES string of the molecule is CC1(C)CC(NC(=O)N2CCc3[nH]n(-c4ccccc4)c(=O)c3C2)CC(C)(CN=C=O)C1. The second-order valence-corrected chi connectivity index (χ2v) is 10.3. The third-order valence-electron chi connectivity index (χ3n) is 6.65. The Balaban J connectivity index is 1.47. The molecule has 0 saturated heterocycles. The van der Waals surface area contributed by atoms with E-state index in [1.807, 2.05) is 30.3 Å². The molecule has 1 aromatic carbocycles. The molecule has 0 radical (unpaired) electrons. The van der Waals surface area contributed by atoms with Gasteiger partial charge in [0.25, 0.3) is 5.56 Å². The van der Waals surface area contributed by atoms with Crippen molar-refractivity contribution in [2.75, 3.05) is 13.1 Å². The van der Waals surface area contributed by atoms with Gasteiger partial charge in [0.1, 0.15) is 0 Å². The van der Waals surface area contributed by atoms with Crippen molar-refractivity contribution in [3.8, 4) is 5.69 Å². The quantitative estimate of drug-likeness (QED) is 0.568. The summed E-state index contributed by atoms with van der Waals surface area (Å²) in [6, 6.07) is 9.29. The topological polar surface area (TPSA) is 99.6 Å². The van der Waals surface area contributed by atoms with Crippen LogP contribution in [0.25, 0.3) is 5.69 Å². The molecule has 1 aliphatic carbocycles. The molecule has 1 aromatic heterocycles. The fourth-order valence-electron chi connectivity index (χ4n) is 5.68. The summed E-state index contributed by atoms with van der Waals surface area (Å²) in [5, 5.41) is 6.40. The Hall–Kier alpha value is -3.12. The van der Waals surface area contributed by atoms with E-state index < -0.39 is 0 Å². The van der Waals surface area contributed by atoms with Crippen LogP contribution in [0.2, 0.25) is 0 Å². The van der Waals surface area contributed by atoms with Gasteiger partial charge in [0.15, 0.2) is 0 Å². The van der Waals surface area contributed by atoms with E-state index in [4.69, 9.17) is 0 Å². The van der Waals surface area contributed by atoms with Gasteiger partial charge in [-0.05, 0) is 42.2 Å². The lowest BCUT2D eigenvalue weighted by molar-refractivity contribution is 0.0773. The predicted molar refractivity (Wildman–Crippen MR) is 122 cm³/mol. The Bertz CT molecular complexity index is 1100. The summed E-state index contributed by atoms with van der Waals surface area (Å²) >= 11 is 0.